The van der Waals surface area contributed by atoms with Gasteiger partial charge in [-0.05, 0) is 168 Å². The number of rotatable bonds is 9. The van der Waals surface area contributed by atoms with Gasteiger partial charge in [0.1, 0.15) is 39.8 Å². The summed E-state index contributed by atoms with van der Waals surface area (Å²) in [5.41, 5.74) is 19.0. The third kappa shape index (κ3) is 15.3. The number of nitrogens with zero attached hydrogens (tertiary/aromatic N) is 20. The fourth-order valence-corrected chi connectivity index (χ4v) is 14.5. The number of benzene rings is 1. The number of aryl methyl sites for hydroxylation is 3. The van der Waals surface area contributed by atoms with Crippen molar-refractivity contribution in [2.24, 2.45) is 7.05 Å². The van der Waals surface area contributed by atoms with Gasteiger partial charge in [-0.1, -0.05) is 18.2 Å². The number of fused-ring (bicyclic) bond motifs is 7. The van der Waals surface area contributed by atoms with Gasteiger partial charge < -0.3 is 36.0 Å². The summed E-state index contributed by atoms with van der Waals surface area (Å²) in [4.78, 5) is 89.2. The van der Waals surface area contributed by atoms with Crippen LogP contribution in [0.4, 0.5) is 17.2 Å². The summed E-state index contributed by atoms with van der Waals surface area (Å²) in [5, 5.41) is 28.0. The van der Waals surface area contributed by atoms with E-state index in [2.05, 4.69) is 109 Å². The Bertz CT molecular complexity index is 6330. The largest absolute Gasteiger partial charge is 0.368 e. The number of nitrogens with one attached hydrogen (secondary N) is 4. The Morgan fingerprint density at radius 3 is 1.42 bits per heavy atom. The molecule has 15 aromatic rings. The van der Waals surface area contributed by atoms with E-state index < -0.39 is 0 Å². The van der Waals surface area contributed by atoms with E-state index in [0.717, 1.165) is 145 Å². The molecule has 4 aliphatic heterocycles. The van der Waals surface area contributed by atoms with E-state index in [4.69, 9.17) is 4.98 Å². The van der Waals surface area contributed by atoms with E-state index >= 15 is 0 Å². The molecule has 19 rings (SSSR count). The first-order valence-electron chi connectivity index (χ1n) is 37.0. The zero-order valence-electron chi connectivity index (χ0n) is 62.5. The smallest absolute Gasteiger partial charge is 0.258 e. The molecule has 2 saturated heterocycles. The Morgan fingerprint density at radius 2 is 0.918 bits per heavy atom. The summed E-state index contributed by atoms with van der Waals surface area (Å²) in [6.07, 6.45) is 24.7. The number of aromatic nitrogens is 17. The normalized spacial score (nSPS) is 16.7. The van der Waals surface area contributed by atoms with Crippen molar-refractivity contribution in [3.63, 3.8) is 0 Å². The Hall–Kier alpha value is -12.8. The Labute approximate surface area is 631 Å². The van der Waals surface area contributed by atoms with Gasteiger partial charge in [-0.2, -0.15) is 15.3 Å². The van der Waals surface area contributed by atoms with Crippen molar-refractivity contribution in [3.05, 3.63) is 253 Å². The number of anilines is 3. The van der Waals surface area contributed by atoms with Crippen LogP contribution < -0.4 is 58.2 Å². The van der Waals surface area contributed by atoms with Crippen LogP contribution in [-0.2, 0) is 7.05 Å². The highest BCUT2D eigenvalue weighted by molar-refractivity contribution is 5.84. The number of piperazine rings is 2. The second-order valence-corrected chi connectivity index (χ2v) is 28.7. The predicted octanol–water partition coefficient (Wildman–Crippen LogP) is 8.23. The molecule has 556 valence electrons. The predicted molar refractivity (Wildman–Crippen MR) is 431 cm³/mol. The average molecular weight is 1470 g/mol. The van der Waals surface area contributed by atoms with Crippen molar-refractivity contribution in [3.8, 4) is 45.3 Å². The van der Waals surface area contributed by atoms with Gasteiger partial charge in [0, 0.05) is 157 Å². The summed E-state index contributed by atoms with van der Waals surface area (Å²) in [6.45, 7) is 18.6. The van der Waals surface area contributed by atoms with E-state index in [1.807, 2.05) is 179 Å². The number of pyridine rings is 5. The molecule has 0 unspecified atom stereocenters. The van der Waals surface area contributed by atoms with Crippen molar-refractivity contribution in [2.45, 2.75) is 65.6 Å². The lowest BCUT2D eigenvalue weighted by Crippen LogP contribution is -2.54. The lowest BCUT2D eigenvalue weighted by molar-refractivity contribution is 0.407. The van der Waals surface area contributed by atoms with Gasteiger partial charge >= 0.3 is 0 Å². The molecule has 0 amide bonds. The fourth-order valence-electron chi connectivity index (χ4n) is 14.5. The molecule has 4 aliphatic rings. The summed E-state index contributed by atoms with van der Waals surface area (Å²) in [7, 11) is 5.80. The summed E-state index contributed by atoms with van der Waals surface area (Å²) in [6, 6.07) is 36.9. The molecule has 28 nitrogen and oxygen atoms in total. The van der Waals surface area contributed by atoms with E-state index in [0.29, 0.717) is 74.9 Å². The average Bonchev–Trinajstić information content (AvgIpc) is 1.23. The molecule has 0 radical (unpaired) electrons. The molecule has 18 heterocycles. The maximum absolute atomic E-state index is 12.9. The Balaban J connectivity index is 0.000000111. The molecule has 110 heavy (non-hydrogen) atoms. The SMILES string of the molecule is CN(C)c1ccc(-c2cc(=O)n3cc(C4=CCNCC4)ccc3n2)cn1.Cc1cn2nc(-c3cc(=O)n4cc(N5CCN[C@@H](C)C5)ccc4n3)cc2cn1.Cc1cn2nc(-c3cc(=O)n4cc(N5C[C@@H](C)N[C@@H](C)C5)ccc4n3)cc2cn1.Cn1ncc2cc(-c3cc(=O)n4cc(C5=CCNCC5)ccc4n3)ccc21. The van der Waals surface area contributed by atoms with Gasteiger partial charge in [-0.15, -0.1) is 0 Å². The van der Waals surface area contributed by atoms with Crippen LogP contribution in [0.1, 0.15) is 56.1 Å². The van der Waals surface area contributed by atoms with E-state index in [-0.39, 0.29) is 22.2 Å². The summed E-state index contributed by atoms with van der Waals surface area (Å²) >= 11 is 0. The van der Waals surface area contributed by atoms with Crippen LogP contribution in [0, 0.1) is 13.8 Å². The molecular formula is C82H84N24O4. The number of hydrogen-bond acceptors (Lipinski definition) is 21. The molecule has 3 atom stereocenters. The van der Waals surface area contributed by atoms with Crippen molar-refractivity contribution in [2.75, 3.05) is 87.7 Å². The highest BCUT2D eigenvalue weighted by atomic mass is 16.1. The molecular weight excluding hydrogens is 1390 g/mol. The Kier molecular flexibility index (Phi) is 19.8. The first-order chi connectivity index (χ1) is 53.3. The van der Waals surface area contributed by atoms with Crippen LogP contribution in [0.2, 0.25) is 0 Å². The third-order valence-corrected chi connectivity index (χ3v) is 20.2. The minimum atomic E-state index is -0.116. The summed E-state index contributed by atoms with van der Waals surface area (Å²) in [5.74, 6) is 0.867. The first-order valence-corrected chi connectivity index (χ1v) is 37.0. The molecule has 0 saturated carbocycles. The molecule has 14 aromatic heterocycles. The van der Waals surface area contributed by atoms with Crippen LogP contribution in [0.5, 0.6) is 0 Å². The zero-order chi connectivity index (χ0) is 75.8. The molecule has 0 spiro atoms. The minimum absolute atomic E-state index is 0.0716. The van der Waals surface area contributed by atoms with Crippen LogP contribution in [0.25, 0.3) is 101 Å². The molecule has 28 heteroatoms. The topological polar surface area (TPSA) is 286 Å². The highest BCUT2D eigenvalue weighted by Crippen LogP contribution is 2.28. The second-order valence-electron chi connectivity index (χ2n) is 28.7. The lowest BCUT2D eigenvalue weighted by Gasteiger charge is -2.37. The second kappa shape index (κ2) is 30.5. The van der Waals surface area contributed by atoms with E-state index in [9.17, 15) is 19.2 Å². The maximum atomic E-state index is 12.9. The van der Waals surface area contributed by atoms with Crippen molar-refractivity contribution < 1.29 is 0 Å². The van der Waals surface area contributed by atoms with Gasteiger partial charge in [-0.3, -0.25) is 51.4 Å². The van der Waals surface area contributed by atoms with Crippen LogP contribution in [-0.4, -0.2) is 173 Å². The Morgan fingerprint density at radius 1 is 0.445 bits per heavy atom. The van der Waals surface area contributed by atoms with Crippen molar-refractivity contribution in [1.29, 1.82) is 0 Å². The maximum Gasteiger partial charge on any atom is 0.258 e. The van der Waals surface area contributed by atoms with Crippen molar-refractivity contribution >= 4 is 72.9 Å². The lowest BCUT2D eigenvalue weighted by atomic mass is 10.0. The first kappa shape index (κ1) is 71.5. The van der Waals surface area contributed by atoms with Gasteiger partial charge in [0.25, 0.3) is 22.2 Å². The van der Waals surface area contributed by atoms with E-state index in [1.165, 1.54) is 11.1 Å². The van der Waals surface area contributed by atoms with Crippen molar-refractivity contribution in [1.82, 2.24) is 103 Å². The highest BCUT2D eigenvalue weighted by Gasteiger charge is 2.23. The fraction of sp³-hybridized carbons (Fsp3) is 0.268. The zero-order valence-corrected chi connectivity index (χ0v) is 62.5. The summed E-state index contributed by atoms with van der Waals surface area (Å²) < 4.78 is 11.8. The van der Waals surface area contributed by atoms with Crippen LogP contribution in [0.15, 0.2) is 209 Å². The molecule has 0 bridgehead atoms. The van der Waals surface area contributed by atoms with Gasteiger partial charge in [0.05, 0.1) is 93.1 Å². The van der Waals surface area contributed by atoms with Gasteiger partial charge in [0.15, 0.2) is 0 Å². The van der Waals surface area contributed by atoms with Crippen LogP contribution in [0.3, 0.4) is 0 Å². The molecule has 2 fully saturated rings. The molecule has 4 N–H and O–H groups in total. The molecule has 1 aromatic carbocycles. The standard InChI is InChI=1S/C21H23N7O.C21H19N5O.C20H21N7O.C20H21N5O/c1-13-11-28-17(8-22-13)6-19(25-28)18-7-21(29)27-12-16(4-5-20(27)24-18)26-9-14(2)23-15(3)10-26;1-25-19-4-2-15(10-17(19)12-23-25)18-11-21(27)26-13-16(3-5-20(26)24-18)14-6-8-22-9-7-14;1-13-10-25(6-5-21-13)15-3-4-19-23-17(8-20(28)26(19)12-15)18-7-16-9-22-14(2)11-27(16)24-18;1-24(2)18-5-3-15(12-22-18)17-11-20(26)25-13-16(4-6-19(25)23-17)14-7-9-21-10-8-14/h4-8,11-12,14-15,23H,9-10H2,1-3H3;2-6,10-13,22H,7-9H2,1H3;3-4,7-9,11-13,21H,5-6,10H2,1-2H3;3-7,11-13,21H,8-10H2,1-2H3/t14-,15+;;13-;/m..0./s1. The number of hydrogen-bond donors (Lipinski definition) is 4. The minimum Gasteiger partial charge on any atom is -0.368 e. The van der Waals surface area contributed by atoms with Crippen LogP contribution >= 0.6 is 0 Å². The monoisotopic (exact) mass is 1470 g/mol. The van der Waals surface area contributed by atoms with Gasteiger partial charge in [-0.25, -0.2) is 34.0 Å². The quantitative estimate of drug-likeness (QED) is 0.106. The molecule has 0 aliphatic carbocycles. The third-order valence-electron chi connectivity index (χ3n) is 20.2. The van der Waals surface area contributed by atoms with Gasteiger partial charge in [0.2, 0.25) is 0 Å². The van der Waals surface area contributed by atoms with E-state index in [1.54, 1.807) is 69.5 Å².